The Hall–Kier alpha value is -9.72. The van der Waals surface area contributed by atoms with Gasteiger partial charge in [0.15, 0.2) is 24.4 Å². The number of aromatic hydroxyl groups is 1. The first-order valence-electron chi connectivity index (χ1n) is 40.0. The van der Waals surface area contributed by atoms with Crippen molar-refractivity contribution in [3.63, 3.8) is 0 Å². The van der Waals surface area contributed by atoms with Crippen LogP contribution in [-0.4, -0.2) is 327 Å². The molecule has 0 saturated carbocycles. The second-order valence-electron chi connectivity index (χ2n) is 30.1. The minimum absolute atomic E-state index is 0.00335. The first kappa shape index (κ1) is 94.9. The number of rotatable bonds is 29. The number of hydrogen-bond donors (Lipinski definition) is 14. The molecule has 14 N–H and O–H groups in total. The second kappa shape index (κ2) is 42.7. The zero-order valence-corrected chi connectivity index (χ0v) is 73.7. The van der Waals surface area contributed by atoms with Crippen LogP contribution in [0.5, 0.6) is 5.75 Å². The third-order valence-electron chi connectivity index (χ3n) is 20.9. The van der Waals surface area contributed by atoms with E-state index in [1.807, 2.05) is 0 Å². The third-order valence-corrected chi connectivity index (χ3v) is 25.4. The fourth-order valence-corrected chi connectivity index (χ4v) is 18.8. The van der Waals surface area contributed by atoms with Crippen LogP contribution in [0.2, 0.25) is 0 Å². The summed E-state index contributed by atoms with van der Waals surface area (Å²) in [5.74, 6) is -7.85. The highest BCUT2D eigenvalue weighted by Crippen LogP contribution is 2.43. The van der Waals surface area contributed by atoms with E-state index < -0.39 is 182 Å². The number of esters is 2. The van der Waals surface area contributed by atoms with Crippen molar-refractivity contribution in [3.8, 4) is 38.4 Å². The summed E-state index contributed by atoms with van der Waals surface area (Å²) in [6, 6.07) is -0.551. The van der Waals surface area contributed by atoms with Gasteiger partial charge >= 0.3 is 11.9 Å². The van der Waals surface area contributed by atoms with Gasteiger partial charge in [0.25, 0.3) is 23.6 Å². The Morgan fingerprint density at radius 3 is 2.02 bits per heavy atom. The number of cyclic esters (lactones) is 2. The number of carbonyl (C=O) groups excluding carboxylic acids is 8. The number of benzene rings is 1. The van der Waals surface area contributed by atoms with Crippen LogP contribution in [0.1, 0.15) is 132 Å². The standard InChI is InChI=1S/C79H96N14O29S5/c1-35(65(100)80-12-13-111-14-15-112-16-17-113-18-19-114-20-21-115-22-23-116-78-61(99)60(98)59(97)50(26-94)121-78)81-66(101)44-32-126-74(86-44)56-49(96)24-40-55(88-56)43-30-124-72(83-43)42-29-119-76(106)58-41-28-117-62(63(122-51-25-79(5,108)64(92(6)7)38(4)120-51)77(107)118-27-39-10-9-11-48(52(39)41)93(58)109)57(75-87-45(33-127-75)67(102)82-42)91-69(104)47-34-125-73(85-47)54(37(3)110-8)90-70(105)53(36(2)95)89-68(103)46-31-123-71(40)84-46/h9-11,24,30-36,38,42,50-51,53,57,59-64,78,94-99,108-109H,12-23,25-29H2,1-8H3,(H,80,100)(H,81,101)(H,82,102)(H,89,103)(H,90,105)(H,91,104)/b54-37+/t35-,36+,38-,42-,50+,51-,53-,57-,59+,60-,61+,62-,63-,64+,78?,79-/m0/s1. The van der Waals surface area contributed by atoms with E-state index >= 15 is 19.2 Å². The average Bonchev–Trinajstić information content (AvgIpc) is 1.61. The smallest absolute Gasteiger partial charge is 0.358 e. The van der Waals surface area contributed by atoms with E-state index in [-0.39, 0.29) is 190 Å². The largest absolute Gasteiger partial charge is 0.506 e. The van der Waals surface area contributed by atoms with Crippen molar-refractivity contribution in [3.05, 3.63) is 112 Å². The molecule has 0 spiro atoms. The highest BCUT2D eigenvalue weighted by atomic mass is 32.1. The highest BCUT2D eigenvalue weighted by molar-refractivity contribution is 7.14. The zero-order chi connectivity index (χ0) is 90.7. The summed E-state index contributed by atoms with van der Waals surface area (Å²) in [6.45, 7) is 7.40. The Labute approximate surface area is 743 Å². The Kier molecular flexibility index (Phi) is 31.9. The molecule has 13 rings (SSSR count). The summed E-state index contributed by atoms with van der Waals surface area (Å²) in [5.41, 5.74) is -3.00. The molecule has 6 amide bonds. The highest BCUT2D eigenvalue weighted by Gasteiger charge is 2.51. The Morgan fingerprint density at radius 1 is 0.724 bits per heavy atom. The van der Waals surface area contributed by atoms with E-state index in [1.54, 1.807) is 45.0 Å². The number of likely N-dealkylation sites (N-methyl/N-ethyl adjacent to an activating group) is 1. The van der Waals surface area contributed by atoms with Gasteiger partial charge in [-0.2, -0.15) is 4.73 Å². The lowest BCUT2D eigenvalue weighted by atomic mass is 9.85. The molecule has 5 aliphatic heterocycles. The molecule has 48 heteroatoms. The number of methoxy groups -OCH3 is 1. The molecule has 0 radical (unpaired) electrons. The van der Waals surface area contributed by atoms with Crippen LogP contribution < -0.4 is 31.9 Å². The third kappa shape index (κ3) is 22.2. The van der Waals surface area contributed by atoms with Gasteiger partial charge in [-0.1, -0.05) is 12.1 Å². The van der Waals surface area contributed by atoms with Gasteiger partial charge in [-0.25, -0.2) is 39.5 Å². The molecule has 8 aromatic rings. The molecule has 2 fully saturated rings. The maximum atomic E-state index is 15.3. The molecule has 12 heterocycles. The molecule has 16 atom stereocenters. The van der Waals surface area contributed by atoms with Crippen LogP contribution in [0.25, 0.3) is 49.3 Å². The van der Waals surface area contributed by atoms with Crippen molar-refractivity contribution in [2.24, 2.45) is 0 Å². The van der Waals surface area contributed by atoms with E-state index in [2.05, 4.69) is 46.9 Å². The Morgan fingerprint density at radius 2 is 1.35 bits per heavy atom. The molecule has 127 heavy (non-hydrogen) atoms. The van der Waals surface area contributed by atoms with E-state index in [0.717, 1.165) is 56.7 Å². The number of nitrogens with zero attached hydrogens (tertiary/aromatic N) is 8. The quantitative estimate of drug-likeness (QED) is 0.0136. The lowest BCUT2D eigenvalue weighted by Crippen LogP contribution is -2.62. The SMILES string of the molecule is CO/C(C)=C1/NC(=O)[C@H]([C@@H](C)O)NC(=O)c2csc(n2)-c2cc(O)c(-c3nc(C(=O)N[C@@H](C)C(=O)NCCOCCOCCOCCOCCOCCOC4O[C@H](CO)[C@@H](O)[C@H](O)[C@H]4O)cs3)nc2-c2csc(n2)[C@@H]2COC(=O)c3c4c5c(cccc5n3O)COC(=O)[C@@H](O[C@H]3C[C@](C)(O)[C@H](N(C)C)[C@H](C)O3)[C@@H](OC4)[C@H](NC(=O)c3csc1n3)c1nc(cs1)C(=O)N2. The number of amides is 6. The predicted molar refractivity (Wildman–Crippen MR) is 448 cm³/mol. The lowest BCUT2D eigenvalue weighted by molar-refractivity contribution is -0.302. The first-order chi connectivity index (χ1) is 60.9. The van der Waals surface area contributed by atoms with Crippen molar-refractivity contribution in [1.82, 2.24) is 71.4 Å². The van der Waals surface area contributed by atoms with E-state index in [1.165, 1.54) is 66.9 Å². The van der Waals surface area contributed by atoms with Crippen molar-refractivity contribution < 1.29 is 141 Å². The number of nitrogens with one attached hydrogen (secondary N) is 6. The van der Waals surface area contributed by atoms with Gasteiger partial charge in [-0.15, -0.1) is 56.7 Å². The van der Waals surface area contributed by atoms with E-state index in [4.69, 9.17) is 76.5 Å². The molecule has 5 aliphatic rings. The number of hydrogen-bond acceptors (Lipinski definition) is 41. The van der Waals surface area contributed by atoms with Gasteiger partial charge in [-0.3, -0.25) is 28.8 Å². The second-order valence-corrected chi connectivity index (χ2v) is 34.5. The van der Waals surface area contributed by atoms with Crippen molar-refractivity contribution in [2.75, 3.05) is 114 Å². The molecule has 0 aliphatic carbocycles. The number of aliphatic hydroxyl groups is 6. The number of ether oxygens (including phenoxy) is 13. The summed E-state index contributed by atoms with van der Waals surface area (Å²) in [6.07, 6.45) is -14.5. The van der Waals surface area contributed by atoms with Crippen LogP contribution in [0, 0.1) is 0 Å². The number of aromatic nitrogens is 7. The minimum atomic E-state index is -1.94. The summed E-state index contributed by atoms with van der Waals surface area (Å²) in [4.78, 5) is 147. The summed E-state index contributed by atoms with van der Waals surface area (Å²) in [5, 5.41) is 110. The van der Waals surface area contributed by atoms with E-state index in [0.29, 0.717) is 4.73 Å². The molecule has 1 unspecified atom stereocenters. The van der Waals surface area contributed by atoms with Gasteiger partial charge in [0.05, 0.1) is 122 Å². The van der Waals surface area contributed by atoms with Crippen LogP contribution in [0.3, 0.4) is 0 Å². The van der Waals surface area contributed by atoms with Gasteiger partial charge in [0, 0.05) is 56.4 Å². The van der Waals surface area contributed by atoms with Gasteiger partial charge in [0.1, 0.15) is 150 Å². The Bertz CT molecular complexity index is 5280. The number of carbonyl (C=O) groups is 8. The van der Waals surface area contributed by atoms with Crippen LogP contribution in [-0.2, 0) is 89.2 Å². The van der Waals surface area contributed by atoms with Gasteiger partial charge < -0.3 is 139 Å². The number of pyridine rings is 1. The minimum Gasteiger partial charge on any atom is -0.506 e. The number of aliphatic hydroxyl groups excluding tert-OH is 5. The van der Waals surface area contributed by atoms with Gasteiger partial charge in [0.2, 0.25) is 11.8 Å². The fraction of sp³-hybridized carbons (Fsp3) is 0.519. The van der Waals surface area contributed by atoms with Crippen LogP contribution in [0.15, 0.2) is 56.9 Å². The monoisotopic (exact) mass is 1860 g/mol. The number of fused-ring (bicyclic) bond motifs is 15. The molecular weight excluding hydrogens is 1770 g/mol. The number of thiazole rings is 5. The lowest BCUT2D eigenvalue weighted by Gasteiger charge is -2.48. The first-order valence-corrected chi connectivity index (χ1v) is 44.4. The molecule has 1 aromatic carbocycles. The van der Waals surface area contributed by atoms with E-state index in [9.17, 15) is 60.1 Å². The predicted octanol–water partition coefficient (Wildman–Crippen LogP) is 1.30. The van der Waals surface area contributed by atoms with Crippen LogP contribution in [0.4, 0.5) is 0 Å². The summed E-state index contributed by atoms with van der Waals surface area (Å²) >= 11 is 4.45. The molecule has 686 valence electrons. The molecule has 7 aromatic heterocycles. The summed E-state index contributed by atoms with van der Waals surface area (Å²) in [7, 11) is 4.82. The zero-order valence-electron chi connectivity index (χ0n) is 69.6. The van der Waals surface area contributed by atoms with Crippen molar-refractivity contribution in [1.29, 1.82) is 0 Å². The number of allylic oxidation sites excluding steroid dienone is 1. The normalized spacial score (nSPS) is 25.2. The molecule has 12 bridgehead atoms. The molecule has 2 saturated heterocycles. The Balaban J connectivity index is 0.736. The van der Waals surface area contributed by atoms with Crippen molar-refractivity contribution in [2.45, 2.75) is 151 Å². The molecular formula is C79H96N14O29S5. The maximum absolute atomic E-state index is 15.3. The maximum Gasteiger partial charge on any atom is 0.358 e. The van der Waals surface area contributed by atoms with Gasteiger partial charge in [-0.05, 0) is 66.4 Å². The summed E-state index contributed by atoms with van der Waals surface area (Å²) < 4.78 is 76.7. The van der Waals surface area contributed by atoms with Crippen LogP contribution >= 0.6 is 56.7 Å². The average molecular weight is 1870 g/mol. The fourth-order valence-electron chi connectivity index (χ4n) is 14.6. The topological polar surface area (TPSA) is 576 Å². The molecule has 43 nitrogen and oxygen atoms in total. The van der Waals surface area contributed by atoms with Crippen molar-refractivity contribution >= 4 is 121 Å².